The maximum atomic E-state index is 12.5. The molecule has 0 aromatic heterocycles. The number of halogens is 2. The van der Waals surface area contributed by atoms with E-state index >= 15 is 0 Å². The second-order valence-corrected chi connectivity index (χ2v) is 8.41. The van der Waals surface area contributed by atoms with Crippen LogP contribution in [0.4, 0.5) is 0 Å². The number of amides is 1. The first-order valence-electron chi connectivity index (χ1n) is 6.95. The average molecular weight is 393 g/mol. The van der Waals surface area contributed by atoms with Crippen molar-refractivity contribution in [2.24, 2.45) is 5.41 Å². The van der Waals surface area contributed by atoms with Crippen molar-refractivity contribution in [2.45, 2.75) is 46.6 Å². The smallest absolute Gasteiger partial charge is 0.255 e. The lowest BCUT2D eigenvalue weighted by molar-refractivity contribution is 0.0888. The van der Waals surface area contributed by atoms with Gasteiger partial charge in [0.05, 0.1) is 17.1 Å². The summed E-state index contributed by atoms with van der Waals surface area (Å²) in [6.45, 7) is 10.2. The number of hydrogen-bond donors (Lipinski definition) is 2. The van der Waals surface area contributed by atoms with E-state index < -0.39 is 5.54 Å². The maximum Gasteiger partial charge on any atom is 0.255 e. The van der Waals surface area contributed by atoms with Crippen molar-refractivity contribution in [3.05, 3.63) is 21.1 Å². The van der Waals surface area contributed by atoms with Crippen LogP contribution in [0.25, 0.3) is 0 Å². The monoisotopic (exact) mass is 391 g/mol. The Hall–Kier alpha value is -0.940. The highest BCUT2D eigenvalue weighted by atomic mass is 79.9. The molecule has 0 saturated carbocycles. The third-order valence-electron chi connectivity index (χ3n) is 3.02. The predicted octanol–water partition coefficient (Wildman–Crippen LogP) is 4.76. The van der Waals surface area contributed by atoms with Crippen LogP contribution in [-0.4, -0.2) is 23.7 Å². The molecule has 0 heterocycles. The molecule has 1 aromatic rings. The molecule has 22 heavy (non-hydrogen) atoms. The van der Waals surface area contributed by atoms with E-state index in [-0.39, 0.29) is 27.7 Å². The summed E-state index contributed by atoms with van der Waals surface area (Å²) in [4.78, 5) is 12.5. The van der Waals surface area contributed by atoms with Crippen molar-refractivity contribution in [2.75, 3.05) is 7.11 Å². The Morgan fingerprint density at radius 3 is 2.36 bits per heavy atom. The second-order valence-electron chi connectivity index (χ2n) is 7.18. The Bertz CT molecular complexity index is 580. The molecule has 0 bridgehead atoms. The molecule has 0 aliphatic heterocycles. The minimum atomic E-state index is -0.416. The fourth-order valence-corrected chi connectivity index (χ4v) is 3.68. The molecule has 6 heteroatoms. The number of hydrogen-bond acceptors (Lipinski definition) is 3. The van der Waals surface area contributed by atoms with E-state index in [2.05, 4.69) is 42.0 Å². The zero-order valence-corrected chi connectivity index (χ0v) is 16.1. The van der Waals surface area contributed by atoms with Crippen LogP contribution < -0.4 is 10.1 Å². The zero-order chi connectivity index (χ0) is 17.3. The van der Waals surface area contributed by atoms with Gasteiger partial charge >= 0.3 is 0 Å². The molecule has 0 spiro atoms. The van der Waals surface area contributed by atoms with Crippen molar-refractivity contribution >= 4 is 33.4 Å². The van der Waals surface area contributed by atoms with Crippen LogP contribution in [-0.2, 0) is 0 Å². The fraction of sp³-hybridized carbons (Fsp3) is 0.562. The SMILES string of the molecule is COc1c(Br)cc(C(=O)NC(C)(C)CC(C)(C)C)c(O)c1Cl. The van der Waals surface area contributed by atoms with Gasteiger partial charge in [-0.3, -0.25) is 4.79 Å². The Labute approximate surface area is 145 Å². The fourth-order valence-electron chi connectivity index (χ4n) is 2.70. The van der Waals surface area contributed by atoms with Gasteiger partial charge in [-0.2, -0.15) is 0 Å². The number of aromatic hydroxyl groups is 1. The Morgan fingerprint density at radius 2 is 1.91 bits per heavy atom. The number of carbonyl (C=O) groups is 1. The third-order valence-corrected chi connectivity index (χ3v) is 3.96. The van der Waals surface area contributed by atoms with E-state index in [0.717, 1.165) is 6.42 Å². The van der Waals surface area contributed by atoms with Crippen molar-refractivity contribution in [1.29, 1.82) is 0 Å². The lowest BCUT2D eigenvalue weighted by Gasteiger charge is -2.33. The first-order chi connectivity index (χ1) is 9.88. The number of rotatable bonds is 4. The minimum Gasteiger partial charge on any atom is -0.505 e. The van der Waals surface area contributed by atoms with Crippen LogP contribution in [0.2, 0.25) is 5.02 Å². The van der Waals surface area contributed by atoms with Gasteiger partial charge in [0.25, 0.3) is 5.91 Å². The van der Waals surface area contributed by atoms with E-state index in [1.54, 1.807) is 0 Å². The molecule has 124 valence electrons. The van der Waals surface area contributed by atoms with Crippen LogP contribution >= 0.6 is 27.5 Å². The quantitative estimate of drug-likeness (QED) is 0.776. The summed E-state index contributed by atoms with van der Waals surface area (Å²) in [6, 6.07) is 1.50. The molecule has 0 radical (unpaired) electrons. The highest BCUT2D eigenvalue weighted by molar-refractivity contribution is 9.10. The first-order valence-corrected chi connectivity index (χ1v) is 8.12. The molecular formula is C16H23BrClNO3. The largest absolute Gasteiger partial charge is 0.505 e. The summed E-state index contributed by atoms with van der Waals surface area (Å²) in [6.07, 6.45) is 0.789. The molecule has 0 saturated heterocycles. The van der Waals surface area contributed by atoms with Crippen LogP contribution in [0.5, 0.6) is 11.5 Å². The Morgan fingerprint density at radius 1 is 1.36 bits per heavy atom. The standard InChI is InChI=1S/C16H23BrClNO3/c1-15(2,3)8-16(4,5)19-14(21)9-7-10(17)13(22-6)11(18)12(9)20/h7,20H,8H2,1-6H3,(H,19,21). The van der Waals surface area contributed by atoms with E-state index in [0.29, 0.717) is 10.2 Å². The van der Waals surface area contributed by atoms with E-state index in [1.807, 2.05) is 13.8 Å². The first kappa shape index (κ1) is 19.1. The summed E-state index contributed by atoms with van der Waals surface area (Å²) >= 11 is 9.33. The molecule has 0 aliphatic rings. The minimum absolute atomic E-state index is 0.00986. The van der Waals surface area contributed by atoms with Gasteiger partial charge in [-0.25, -0.2) is 0 Å². The van der Waals surface area contributed by atoms with Gasteiger partial charge in [0.2, 0.25) is 0 Å². The number of nitrogens with one attached hydrogen (secondary N) is 1. The number of carbonyl (C=O) groups excluding carboxylic acids is 1. The number of phenolic OH excluding ortho intramolecular Hbond substituents is 1. The average Bonchev–Trinajstić information content (AvgIpc) is 2.30. The van der Waals surface area contributed by atoms with Gasteiger partial charge in [-0.1, -0.05) is 32.4 Å². The highest BCUT2D eigenvalue weighted by Crippen LogP contribution is 2.42. The molecule has 0 fully saturated rings. The number of benzene rings is 1. The summed E-state index contributed by atoms with van der Waals surface area (Å²) in [5, 5.41) is 13.1. The van der Waals surface area contributed by atoms with E-state index in [1.165, 1.54) is 13.2 Å². The van der Waals surface area contributed by atoms with Gasteiger partial charge in [0.15, 0.2) is 11.5 Å². The molecule has 0 atom stereocenters. The second kappa shape index (κ2) is 6.67. The van der Waals surface area contributed by atoms with E-state index in [4.69, 9.17) is 16.3 Å². The maximum absolute atomic E-state index is 12.5. The van der Waals surface area contributed by atoms with Crippen molar-refractivity contribution in [1.82, 2.24) is 5.32 Å². The summed E-state index contributed by atoms with van der Waals surface area (Å²) in [5.74, 6) is -0.368. The number of methoxy groups -OCH3 is 1. The van der Waals surface area contributed by atoms with Crippen molar-refractivity contribution < 1.29 is 14.6 Å². The molecule has 1 aromatic carbocycles. The zero-order valence-electron chi connectivity index (χ0n) is 13.8. The third kappa shape index (κ3) is 4.78. The molecule has 2 N–H and O–H groups in total. The molecular weight excluding hydrogens is 370 g/mol. The van der Waals surface area contributed by atoms with Crippen LogP contribution in [0.1, 0.15) is 51.4 Å². The molecule has 0 unspecified atom stereocenters. The van der Waals surface area contributed by atoms with Crippen LogP contribution in [0.3, 0.4) is 0 Å². The topological polar surface area (TPSA) is 58.6 Å². The Balaban J connectivity index is 3.10. The molecule has 0 aliphatic carbocycles. The van der Waals surface area contributed by atoms with Crippen molar-refractivity contribution in [3.8, 4) is 11.5 Å². The van der Waals surface area contributed by atoms with Gasteiger partial charge in [0.1, 0.15) is 5.02 Å². The van der Waals surface area contributed by atoms with Crippen LogP contribution in [0.15, 0.2) is 10.5 Å². The lowest BCUT2D eigenvalue weighted by atomic mass is 9.81. The number of phenols is 1. The normalized spacial score (nSPS) is 12.2. The highest BCUT2D eigenvalue weighted by Gasteiger charge is 2.29. The number of ether oxygens (including phenoxy) is 1. The van der Waals surface area contributed by atoms with Gasteiger partial charge in [-0.05, 0) is 47.7 Å². The van der Waals surface area contributed by atoms with Gasteiger partial charge in [0, 0.05) is 5.54 Å². The van der Waals surface area contributed by atoms with E-state index in [9.17, 15) is 9.90 Å². The summed E-state index contributed by atoms with van der Waals surface area (Å²) in [5.41, 5.74) is -0.239. The van der Waals surface area contributed by atoms with Crippen LogP contribution in [0, 0.1) is 5.41 Å². The molecule has 4 nitrogen and oxygen atoms in total. The predicted molar refractivity (Wildman–Crippen MR) is 93.0 cm³/mol. The lowest BCUT2D eigenvalue weighted by Crippen LogP contribution is -2.45. The van der Waals surface area contributed by atoms with Crippen molar-refractivity contribution in [3.63, 3.8) is 0 Å². The summed E-state index contributed by atoms with van der Waals surface area (Å²) < 4.78 is 5.60. The Kier molecular flexibility index (Phi) is 5.79. The van der Waals surface area contributed by atoms with Gasteiger partial charge in [-0.15, -0.1) is 0 Å². The van der Waals surface area contributed by atoms with Gasteiger partial charge < -0.3 is 15.2 Å². The summed E-state index contributed by atoms with van der Waals surface area (Å²) in [7, 11) is 1.44. The molecule has 1 rings (SSSR count). The molecule has 1 amide bonds.